The second kappa shape index (κ2) is 6.66. The lowest BCUT2D eigenvalue weighted by Gasteiger charge is -2.31. The van der Waals surface area contributed by atoms with Crippen LogP contribution in [0.15, 0.2) is 24.3 Å². The molecule has 0 amide bonds. The van der Waals surface area contributed by atoms with Gasteiger partial charge in [-0.05, 0) is 44.5 Å². The Hall–Kier alpha value is -1.32. The monoisotopic (exact) mass is 311 g/mol. The minimum absolute atomic E-state index is 1.12. The molecule has 0 aliphatic carbocycles. The van der Waals surface area contributed by atoms with Crippen molar-refractivity contribution in [2.45, 2.75) is 45.7 Å². The van der Waals surface area contributed by atoms with Gasteiger partial charge in [-0.15, -0.1) is 0 Å². The molecule has 0 bridgehead atoms. The van der Waals surface area contributed by atoms with Gasteiger partial charge in [0.05, 0.1) is 0 Å². The number of rotatable bonds is 3. The van der Waals surface area contributed by atoms with Gasteiger partial charge in [0, 0.05) is 49.3 Å². The van der Waals surface area contributed by atoms with Crippen LogP contribution in [0.4, 0.5) is 0 Å². The summed E-state index contributed by atoms with van der Waals surface area (Å²) in [6.45, 7) is 10.9. The Morgan fingerprint density at radius 1 is 0.826 bits per heavy atom. The van der Waals surface area contributed by atoms with Gasteiger partial charge in [0.25, 0.3) is 0 Å². The first-order chi connectivity index (χ1) is 11.3. The van der Waals surface area contributed by atoms with E-state index < -0.39 is 0 Å². The molecule has 2 aliphatic rings. The van der Waals surface area contributed by atoms with Crippen molar-refractivity contribution < 1.29 is 0 Å². The highest BCUT2D eigenvalue weighted by atomic mass is 15.2. The summed E-state index contributed by atoms with van der Waals surface area (Å²) in [6, 6.07) is 8.88. The average molecular weight is 311 g/mol. The van der Waals surface area contributed by atoms with E-state index in [1.54, 1.807) is 0 Å². The molecule has 23 heavy (non-hydrogen) atoms. The maximum atomic E-state index is 2.68. The predicted octanol–water partition coefficient (Wildman–Crippen LogP) is 3.64. The number of aromatic nitrogens is 1. The van der Waals surface area contributed by atoms with E-state index in [1.165, 1.54) is 80.6 Å². The van der Waals surface area contributed by atoms with Gasteiger partial charge in [-0.25, -0.2) is 0 Å². The van der Waals surface area contributed by atoms with Crippen LogP contribution in [0.25, 0.3) is 10.9 Å². The summed E-state index contributed by atoms with van der Waals surface area (Å²) < 4.78 is 2.55. The number of hydrogen-bond acceptors (Lipinski definition) is 2. The molecule has 2 aromatic rings. The zero-order valence-electron chi connectivity index (χ0n) is 14.4. The predicted molar refractivity (Wildman–Crippen MR) is 96.9 cm³/mol. The molecule has 0 atom stereocenters. The SMILES string of the molecule is Cc1c2n(c3ccccc13)CCN(CCN1CCCCCC1)C2. The van der Waals surface area contributed by atoms with E-state index in [9.17, 15) is 0 Å². The molecule has 1 fully saturated rings. The molecule has 0 N–H and O–H groups in total. The van der Waals surface area contributed by atoms with Gasteiger partial charge < -0.3 is 9.47 Å². The van der Waals surface area contributed by atoms with Crippen LogP contribution in [-0.2, 0) is 13.1 Å². The number of aryl methyl sites for hydroxylation is 1. The normalized spacial score (nSPS) is 20.6. The van der Waals surface area contributed by atoms with Gasteiger partial charge in [-0.1, -0.05) is 31.0 Å². The zero-order chi connectivity index (χ0) is 15.6. The Bertz CT molecular complexity index is 665. The van der Waals surface area contributed by atoms with Crippen LogP contribution in [0.3, 0.4) is 0 Å². The van der Waals surface area contributed by atoms with E-state index in [0.29, 0.717) is 0 Å². The highest BCUT2D eigenvalue weighted by Gasteiger charge is 2.21. The van der Waals surface area contributed by atoms with E-state index in [-0.39, 0.29) is 0 Å². The van der Waals surface area contributed by atoms with Crippen molar-refractivity contribution in [3.05, 3.63) is 35.5 Å². The molecule has 3 nitrogen and oxygen atoms in total. The van der Waals surface area contributed by atoms with Gasteiger partial charge in [-0.2, -0.15) is 0 Å². The van der Waals surface area contributed by atoms with Crippen molar-refractivity contribution in [2.24, 2.45) is 0 Å². The summed E-state index contributed by atoms with van der Waals surface area (Å²) in [5, 5.41) is 1.44. The summed E-state index contributed by atoms with van der Waals surface area (Å²) in [5.74, 6) is 0. The molecule has 3 heteroatoms. The van der Waals surface area contributed by atoms with E-state index >= 15 is 0 Å². The van der Waals surface area contributed by atoms with Crippen LogP contribution in [-0.4, -0.2) is 47.1 Å². The fourth-order valence-corrected chi connectivity index (χ4v) is 4.35. The van der Waals surface area contributed by atoms with E-state index in [4.69, 9.17) is 0 Å². The zero-order valence-corrected chi connectivity index (χ0v) is 14.4. The Kier molecular flexibility index (Phi) is 4.41. The van der Waals surface area contributed by atoms with E-state index in [2.05, 4.69) is 45.6 Å². The highest BCUT2D eigenvalue weighted by Crippen LogP contribution is 2.28. The fourth-order valence-electron chi connectivity index (χ4n) is 4.35. The molecule has 2 aliphatic heterocycles. The Morgan fingerprint density at radius 3 is 2.39 bits per heavy atom. The maximum absolute atomic E-state index is 2.68. The van der Waals surface area contributed by atoms with Crippen LogP contribution >= 0.6 is 0 Å². The van der Waals surface area contributed by atoms with Crippen LogP contribution in [0.1, 0.15) is 36.9 Å². The third-order valence-corrected chi connectivity index (χ3v) is 5.80. The maximum Gasteiger partial charge on any atom is 0.0486 e. The lowest BCUT2D eigenvalue weighted by Crippen LogP contribution is -2.39. The third-order valence-electron chi connectivity index (χ3n) is 5.80. The van der Waals surface area contributed by atoms with Crippen molar-refractivity contribution in [1.82, 2.24) is 14.4 Å². The van der Waals surface area contributed by atoms with Crippen LogP contribution in [0, 0.1) is 6.92 Å². The summed E-state index contributed by atoms with van der Waals surface area (Å²) >= 11 is 0. The van der Waals surface area contributed by atoms with Gasteiger partial charge in [-0.3, -0.25) is 4.90 Å². The molecule has 1 saturated heterocycles. The molecule has 124 valence electrons. The summed E-state index contributed by atoms with van der Waals surface area (Å²) in [7, 11) is 0. The lowest BCUT2D eigenvalue weighted by molar-refractivity contribution is 0.179. The standard InChI is InChI=1S/C20H29N3/c1-17-18-8-4-5-9-19(18)23-15-14-22(16-20(17)23)13-12-21-10-6-2-3-7-11-21/h4-5,8-9H,2-3,6-7,10-16H2,1H3. The number of fused-ring (bicyclic) bond motifs is 3. The quantitative estimate of drug-likeness (QED) is 0.857. The molecule has 0 radical (unpaired) electrons. The third kappa shape index (κ3) is 3.05. The summed E-state index contributed by atoms with van der Waals surface area (Å²) in [5.41, 5.74) is 4.44. The minimum atomic E-state index is 1.12. The van der Waals surface area contributed by atoms with Crippen molar-refractivity contribution in [2.75, 3.05) is 32.7 Å². The Labute approximate surface area is 139 Å². The summed E-state index contributed by atoms with van der Waals surface area (Å²) in [6.07, 6.45) is 5.65. The number of hydrogen-bond donors (Lipinski definition) is 0. The average Bonchev–Trinajstić information content (AvgIpc) is 2.76. The molecular formula is C20H29N3. The van der Waals surface area contributed by atoms with Gasteiger partial charge >= 0.3 is 0 Å². The first kappa shape index (κ1) is 15.2. The molecule has 4 rings (SSSR count). The van der Waals surface area contributed by atoms with Gasteiger partial charge in [0.2, 0.25) is 0 Å². The van der Waals surface area contributed by atoms with E-state index in [0.717, 1.165) is 13.1 Å². The first-order valence-electron chi connectivity index (χ1n) is 9.34. The number of likely N-dealkylation sites (tertiary alicyclic amines) is 1. The van der Waals surface area contributed by atoms with Gasteiger partial charge in [0.1, 0.15) is 0 Å². The Balaban J connectivity index is 1.44. The second-order valence-electron chi connectivity index (χ2n) is 7.27. The molecule has 0 spiro atoms. The molecule has 1 aromatic carbocycles. The number of para-hydroxylation sites is 1. The van der Waals surface area contributed by atoms with Crippen molar-refractivity contribution in [3.8, 4) is 0 Å². The minimum Gasteiger partial charge on any atom is -0.342 e. The second-order valence-corrected chi connectivity index (χ2v) is 7.27. The Morgan fingerprint density at radius 2 is 1.57 bits per heavy atom. The highest BCUT2D eigenvalue weighted by molar-refractivity contribution is 5.85. The van der Waals surface area contributed by atoms with Crippen LogP contribution in [0.2, 0.25) is 0 Å². The van der Waals surface area contributed by atoms with Crippen molar-refractivity contribution in [3.63, 3.8) is 0 Å². The topological polar surface area (TPSA) is 11.4 Å². The van der Waals surface area contributed by atoms with Crippen LogP contribution in [0.5, 0.6) is 0 Å². The summed E-state index contributed by atoms with van der Waals surface area (Å²) in [4.78, 5) is 5.34. The van der Waals surface area contributed by atoms with Crippen molar-refractivity contribution >= 4 is 10.9 Å². The largest absolute Gasteiger partial charge is 0.342 e. The first-order valence-corrected chi connectivity index (χ1v) is 9.34. The fraction of sp³-hybridized carbons (Fsp3) is 0.600. The van der Waals surface area contributed by atoms with Gasteiger partial charge in [0.15, 0.2) is 0 Å². The van der Waals surface area contributed by atoms with E-state index in [1.807, 2.05) is 0 Å². The molecule has 3 heterocycles. The van der Waals surface area contributed by atoms with Crippen molar-refractivity contribution in [1.29, 1.82) is 0 Å². The van der Waals surface area contributed by atoms with Crippen LogP contribution < -0.4 is 0 Å². The molecule has 1 aromatic heterocycles. The molecule has 0 unspecified atom stereocenters. The molecular weight excluding hydrogens is 282 g/mol. The lowest BCUT2D eigenvalue weighted by atomic mass is 10.1. The smallest absolute Gasteiger partial charge is 0.0486 e. The number of benzene rings is 1. The number of nitrogens with zero attached hydrogens (tertiary/aromatic N) is 3. The molecule has 0 saturated carbocycles.